The van der Waals surface area contributed by atoms with Gasteiger partial charge in [-0.3, -0.25) is 0 Å². The number of nitrogens with zero attached hydrogens (tertiary/aromatic N) is 2. The van der Waals surface area contributed by atoms with Gasteiger partial charge < -0.3 is 5.32 Å². The highest BCUT2D eigenvalue weighted by atomic mass is 32.2. The Bertz CT molecular complexity index is 496. The van der Waals surface area contributed by atoms with Gasteiger partial charge in [0.1, 0.15) is 5.51 Å². The van der Waals surface area contributed by atoms with Crippen molar-refractivity contribution in [2.45, 2.75) is 42.8 Å². The van der Waals surface area contributed by atoms with Gasteiger partial charge in [-0.15, -0.1) is 10.2 Å². The third kappa shape index (κ3) is 4.30. The van der Waals surface area contributed by atoms with Gasteiger partial charge in [0.25, 0.3) is 0 Å². The van der Waals surface area contributed by atoms with E-state index < -0.39 is 0 Å². The number of aryl methyl sites for hydroxylation is 1. The molecule has 0 bridgehead atoms. The lowest BCUT2D eigenvalue weighted by Gasteiger charge is -2.24. The number of hydrogen-bond donors (Lipinski definition) is 1. The predicted molar refractivity (Wildman–Crippen MR) is 87.4 cm³/mol. The van der Waals surface area contributed by atoms with Gasteiger partial charge in [0, 0.05) is 11.3 Å². The van der Waals surface area contributed by atoms with Gasteiger partial charge >= 0.3 is 0 Å². The SMILES string of the molecule is CCCNC(c1ccc(C)cc1)C(C)Sc1nncs1. The van der Waals surface area contributed by atoms with Gasteiger partial charge in [-0.2, -0.15) is 0 Å². The topological polar surface area (TPSA) is 37.8 Å². The van der Waals surface area contributed by atoms with E-state index in [1.165, 1.54) is 11.1 Å². The Morgan fingerprint density at radius 3 is 2.65 bits per heavy atom. The Morgan fingerprint density at radius 2 is 2.05 bits per heavy atom. The van der Waals surface area contributed by atoms with E-state index in [1.54, 1.807) is 28.6 Å². The highest BCUT2D eigenvalue weighted by Gasteiger charge is 2.20. The van der Waals surface area contributed by atoms with Crippen LogP contribution in [0.5, 0.6) is 0 Å². The molecule has 0 aliphatic heterocycles. The number of hydrogen-bond acceptors (Lipinski definition) is 5. The molecule has 0 spiro atoms. The number of aromatic nitrogens is 2. The van der Waals surface area contributed by atoms with Crippen molar-refractivity contribution in [3.8, 4) is 0 Å². The first kappa shape index (κ1) is 15.5. The molecule has 0 aliphatic carbocycles. The summed E-state index contributed by atoms with van der Waals surface area (Å²) >= 11 is 3.39. The summed E-state index contributed by atoms with van der Waals surface area (Å²) in [5, 5.41) is 12.1. The molecule has 1 heterocycles. The summed E-state index contributed by atoms with van der Waals surface area (Å²) in [7, 11) is 0. The zero-order valence-corrected chi connectivity index (χ0v) is 13.8. The molecule has 3 nitrogen and oxygen atoms in total. The van der Waals surface area contributed by atoms with E-state index in [4.69, 9.17) is 0 Å². The number of thioether (sulfide) groups is 1. The van der Waals surface area contributed by atoms with Crippen LogP contribution in [0.15, 0.2) is 34.1 Å². The summed E-state index contributed by atoms with van der Waals surface area (Å²) in [6.07, 6.45) is 1.14. The molecule has 0 radical (unpaired) electrons. The van der Waals surface area contributed by atoms with E-state index in [0.29, 0.717) is 11.3 Å². The lowest BCUT2D eigenvalue weighted by Crippen LogP contribution is -2.29. The van der Waals surface area contributed by atoms with Crippen LogP contribution < -0.4 is 5.32 Å². The van der Waals surface area contributed by atoms with Crippen LogP contribution in [0.2, 0.25) is 0 Å². The summed E-state index contributed by atoms with van der Waals surface area (Å²) in [4.78, 5) is 0. The fourth-order valence-electron chi connectivity index (χ4n) is 2.07. The number of benzene rings is 1. The number of nitrogens with one attached hydrogen (secondary N) is 1. The Hall–Kier alpha value is -0.910. The molecule has 1 aromatic heterocycles. The summed E-state index contributed by atoms with van der Waals surface area (Å²) in [6.45, 7) is 7.60. The molecule has 20 heavy (non-hydrogen) atoms. The van der Waals surface area contributed by atoms with Crippen molar-refractivity contribution < 1.29 is 0 Å². The molecule has 1 N–H and O–H groups in total. The molecule has 2 atom stereocenters. The van der Waals surface area contributed by atoms with Crippen molar-refractivity contribution in [1.82, 2.24) is 15.5 Å². The van der Waals surface area contributed by atoms with Crippen molar-refractivity contribution in [2.24, 2.45) is 0 Å². The average molecular weight is 307 g/mol. The van der Waals surface area contributed by atoms with Crippen LogP contribution in [0.4, 0.5) is 0 Å². The molecule has 0 amide bonds. The lowest BCUT2D eigenvalue weighted by atomic mass is 10.0. The second-order valence-electron chi connectivity index (χ2n) is 4.87. The van der Waals surface area contributed by atoms with Crippen LogP contribution in [0, 0.1) is 6.92 Å². The van der Waals surface area contributed by atoms with Crippen LogP contribution in [0.25, 0.3) is 0 Å². The molecule has 0 saturated heterocycles. The molecule has 2 rings (SSSR count). The van der Waals surface area contributed by atoms with Gasteiger partial charge in [0.05, 0.1) is 0 Å². The van der Waals surface area contributed by atoms with Crippen LogP contribution in [-0.4, -0.2) is 22.0 Å². The third-order valence-electron chi connectivity index (χ3n) is 3.15. The molecule has 2 unspecified atom stereocenters. The fraction of sp³-hybridized carbons (Fsp3) is 0.467. The van der Waals surface area contributed by atoms with E-state index >= 15 is 0 Å². The molecule has 1 aromatic carbocycles. The predicted octanol–water partition coefficient (Wildman–Crippen LogP) is 4.07. The Labute approximate surface area is 129 Å². The second kappa shape index (κ2) is 7.76. The molecule has 0 saturated carbocycles. The van der Waals surface area contributed by atoms with Crippen molar-refractivity contribution in [3.05, 3.63) is 40.9 Å². The Morgan fingerprint density at radius 1 is 1.30 bits per heavy atom. The van der Waals surface area contributed by atoms with E-state index in [-0.39, 0.29) is 0 Å². The van der Waals surface area contributed by atoms with Crippen molar-refractivity contribution >= 4 is 23.1 Å². The monoisotopic (exact) mass is 307 g/mol. The standard InChI is InChI=1S/C15H21N3S2/c1-4-9-16-14(13-7-5-11(2)6-8-13)12(3)20-15-18-17-10-19-15/h5-8,10,12,14,16H,4,9H2,1-3H3. The zero-order valence-electron chi connectivity index (χ0n) is 12.2. The van der Waals surface area contributed by atoms with E-state index in [1.807, 2.05) is 0 Å². The van der Waals surface area contributed by atoms with Gasteiger partial charge in [-0.05, 0) is 25.5 Å². The fourth-order valence-corrected chi connectivity index (χ4v) is 3.96. The van der Waals surface area contributed by atoms with Gasteiger partial charge in [-0.25, -0.2) is 0 Å². The van der Waals surface area contributed by atoms with Gasteiger partial charge in [-0.1, -0.05) is 66.8 Å². The summed E-state index contributed by atoms with van der Waals surface area (Å²) in [5.74, 6) is 0. The summed E-state index contributed by atoms with van der Waals surface area (Å²) in [5.41, 5.74) is 4.43. The van der Waals surface area contributed by atoms with Crippen molar-refractivity contribution in [1.29, 1.82) is 0 Å². The minimum absolute atomic E-state index is 0.337. The molecule has 108 valence electrons. The minimum atomic E-state index is 0.337. The van der Waals surface area contributed by atoms with Crippen LogP contribution in [-0.2, 0) is 0 Å². The van der Waals surface area contributed by atoms with Gasteiger partial charge in [0.2, 0.25) is 0 Å². The normalized spacial score (nSPS) is 14.2. The minimum Gasteiger partial charge on any atom is -0.309 e. The smallest absolute Gasteiger partial charge is 0.174 e. The summed E-state index contributed by atoms with van der Waals surface area (Å²) in [6, 6.07) is 9.14. The third-order valence-corrected chi connectivity index (χ3v) is 5.13. The Balaban J connectivity index is 2.11. The molecule has 0 aliphatic rings. The highest BCUT2D eigenvalue weighted by Crippen LogP contribution is 2.32. The largest absolute Gasteiger partial charge is 0.309 e. The van der Waals surface area contributed by atoms with Gasteiger partial charge in [0.15, 0.2) is 4.34 Å². The highest BCUT2D eigenvalue weighted by molar-refractivity contribution is 8.01. The van der Waals surface area contributed by atoms with Crippen molar-refractivity contribution in [2.75, 3.05) is 6.54 Å². The molecule has 5 heteroatoms. The van der Waals surface area contributed by atoms with Crippen LogP contribution >= 0.6 is 23.1 Å². The second-order valence-corrected chi connectivity index (χ2v) is 7.33. The first-order chi connectivity index (χ1) is 9.70. The molecule has 2 aromatic rings. The molecular weight excluding hydrogens is 286 g/mol. The van der Waals surface area contributed by atoms with Crippen LogP contribution in [0.3, 0.4) is 0 Å². The van der Waals surface area contributed by atoms with Crippen molar-refractivity contribution in [3.63, 3.8) is 0 Å². The number of rotatable bonds is 7. The molecular formula is C15H21N3S2. The quantitative estimate of drug-likeness (QED) is 0.783. The lowest BCUT2D eigenvalue weighted by molar-refractivity contribution is 0.527. The Kier molecular flexibility index (Phi) is 6.01. The maximum Gasteiger partial charge on any atom is 0.174 e. The average Bonchev–Trinajstić information content (AvgIpc) is 2.94. The summed E-state index contributed by atoms with van der Waals surface area (Å²) < 4.78 is 1.04. The van der Waals surface area contributed by atoms with E-state index in [9.17, 15) is 0 Å². The maximum absolute atomic E-state index is 4.13. The first-order valence-corrected chi connectivity index (χ1v) is 8.69. The van der Waals surface area contributed by atoms with Crippen LogP contribution in [0.1, 0.15) is 37.4 Å². The maximum atomic E-state index is 4.13. The molecule has 0 fully saturated rings. The first-order valence-electron chi connectivity index (χ1n) is 6.93. The zero-order chi connectivity index (χ0) is 14.4. The van der Waals surface area contributed by atoms with E-state index in [0.717, 1.165) is 17.3 Å². The van der Waals surface area contributed by atoms with E-state index in [2.05, 4.69) is 60.6 Å².